The molecule has 21 heavy (non-hydrogen) atoms. The molecule has 0 unspecified atom stereocenters. The van der Waals surface area contributed by atoms with Crippen LogP contribution < -0.4 is 10.0 Å². The van der Waals surface area contributed by atoms with Crippen molar-refractivity contribution in [1.29, 1.82) is 0 Å². The van der Waals surface area contributed by atoms with Crippen LogP contribution in [0, 0.1) is 5.41 Å². The second-order valence-corrected chi connectivity index (χ2v) is 8.13. The van der Waals surface area contributed by atoms with E-state index in [0.717, 1.165) is 12.8 Å². The highest BCUT2D eigenvalue weighted by Gasteiger charge is 2.57. The predicted octanol–water partition coefficient (Wildman–Crippen LogP) is 0.509. The normalized spacial score (nSPS) is 28.7. The molecule has 1 aliphatic heterocycles. The van der Waals surface area contributed by atoms with Gasteiger partial charge in [0, 0.05) is 24.5 Å². The van der Waals surface area contributed by atoms with Crippen LogP contribution in [-0.4, -0.2) is 56.7 Å². The molecule has 1 saturated heterocycles. The molecule has 0 aromatic heterocycles. The molecule has 2 aliphatic carbocycles. The first-order chi connectivity index (χ1) is 9.78. The number of carbonyl (C=O) groups excluding carboxylic acids is 1. The zero-order valence-electron chi connectivity index (χ0n) is 11.6. The topological polar surface area (TPSA) is 78.5 Å². The van der Waals surface area contributed by atoms with E-state index in [-0.39, 0.29) is 24.5 Å². The number of alkyl halides is 2. The van der Waals surface area contributed by atoms with Crippen molar-refractivity contribution in [1.82, 2.24) is 14.9 Å². The number of rotatable bonds is 5. The first-order valence-corrected chi connectivity index (χ1v) is 8.71. The second kappa shape index (κ2) is 4.77. The maximum atomic E-state index is 13.5. The zero-order chi connectivity index (χ0) is 15.3. The van der Waals surface area contributed by atoms with Gasteiger partial charge in [0.2, 0.25) is 16.0 Å². The molecule has 120 valence electrons. The number of nitrogens with one attached hydrogen (secondary N) is 2. The van der Waals surface area contributed by atoms with Gasteiger partial charge in [-0.2, -0.15) is 0 Å². The fourth-order valence-electron chi connectivity index (χ4n) is 2.86. The molecule has 2 amide bonds. The molecular formula is C12H19F2N3O3S. The minimum absolute atomic E-state index is 0.00376. The number of hydrogen-bond donors (Lipinski definition) is 2. The highest BCUT2D eigenvalue weighted by atomic mass is 32.2. The van der Waals surface area contributed by atoms with Crippen molar-refractivity contribution in [3.8, 4) is 0 Å². The predicted molar refractivity (Wildman–Crippen MR) is 71.5 cm³/mol. The van der Waals surface area contributed by atoms with Gasteiger partial charge in [0.15, 0.2) is 0 Å². The average Bonchev–Trinajstić information content (AvgIpc) is 3.31. The number of hydrogen-bond acceptors (Lipinski definition) is 3. The standard InChI is InChI=1S/C12H19F2N3O3S/c13-8-21(19,20)16-9-5-17(7-11(9)1-2-11)10(18)15-6-12(14)3-4-12/h9,16H,1-8H2,(H,15,18)/t9-/m1/s1. The summed E-state index contributed by atoms with van der Waals surface area (Å²) in [7, 11) is -3.94. The lowest BCUT2D eigenvalue weighted by Gasteiger charge is -2.18. The van der Waals surface area contributed by atoms with E-state index in [0.29, 0.717) is 19.4 Å². The minimum atomic E-state index is -3.94. The zero-order valence-corrected chi connectivity index (χ0v) is 12.4. The largest absolute Gasteiger partial charge is 0.335 e. The summed E-state index contributed by atoms with van der Waals surface area (Å²) in [6.07, 6.45) is 2.55. The first kappa shape index (κ1) is 15.0. The van der Waals surface area contributed by atoms with E-state index in [9.17, 15) is 22.0 Å². The third-order valence-corrected chi connectivity index (χ3v) is 5.57. The van der Waals surface area contributed by atoms with Crippen molar-refractivity contribution < 1.29 is 22.0 Å². The van der Waals surface area contributed by atoms with Crippen molar-refractivity contribution in [3.63, 3.8) is 0 Å². The van der Waals surface area contributed by atoms with Gasteiger partial charge in [-0.05, 0) is 25.7 Å². The third kappa shape index (κ3) is 3.13. The Labute approximate surface area is 122 Å². The lowest BCUT2D eigenvalue weighted by atomic mass is 10.0. The van der Waals surface area contributed by atoms with E-state index in [1.807, 2.05) is 0 Å². The molecular weight excluding hydrogens is 304 g/mol. The molecule has 3 rings (SSSR count). The van der Waals surface area contributed by atoms with E-state index in [1.165, 1.54) is 4.90 Å². The summed E-state index contributed by atoms with van der Waals surface area (Å²) in [6.45, 7) is 0.623. The van der Waals surface area contributed by atoms with E-state index < -0.39 is 27.7 Å². The first-order valence-electron chi connectivity index (χ1n) is 7.05. The second-order valence-electron chi connectivity index (χ2n) is 6.45. The fraction of sp³-hybridized carbons (Fsp3) is 0.917. The molecule has 1 spiro atoms. The number of sulfonamides is 1. The van der Waals surface area contributed by atoms with Crippen LogP contribution >= 0.6 is 0 Å². The summed E-state index contributed by atoms with van der Waals surface area (Å²) in [6, 6.07) is -2.30. The molecule has 1 atom stereocenters. The smallest absolute Gasteiger partial charge is 0.317 e. The monoisotopic (exact) mass is 323 g/mol. The Bertz CT molecular complexity index is 546. The molecule has 0 aromatic rings. The maximum absolute atomic E-state index is 13.5. The van der Waals surface area contributed by atoms with Crippen LogP contribution in [0.15, 0.2) is 0 Å². The van der Waals surface area contributed by atoms with Crippen LogP contribution in [0.2, 0.25) is 0 Å². The molecule has 3 aliphatic rings. The molecule has 0 aromatic carbocycles. The number of likely N-dealkylation sites (tertiary alicyclic amines) is 1. The summed E-state index contributed by atoms with van der Waals surface area (Å²) in [4.78, 5) is 13.5. The molecule has 3 fully saturated rings. The molecule has 1 heterocycles. The molecule has 2 saturated carbocycles. The molecule has 6 nitrogen and oxygen atoms in total. The third-order valence-electron chi connectivity index (χ3n) is 4.64. The van der Waals surface area contributed by atoms with E-state index in [2.05, 4.69) is 10.0 Å². The Morgan fingerprint density at radius 2 is 1.95 bits per heavy atom. The highest BCUT2D eigenvalue weighted by Crippen LogP contribution is 2.53. The quantitative estimate of drug-likeness (QED) is 0.774. The maximum Gasteiger partial charge on any atom is 0.317 e. The van der Waals surface area contributed by atoms with Crippen LogP contribution in [0.3, 0.4) is 0 Å². The minimum Gasteiger partial charge on any atom is -0.335 e. The number of carbonyl (C=O) groups is 1. The summed E-state index contributed by atoms with van der Waals surface area (Å²) in [5, 5.41) is 2.55. The van der Waals surface area contributed by atoms with Gasteiger partial charge in [-0.3, -0.25) is 0 Å². The SMILES string of the molecule is O=C(NCC1(F)CC1)N1C[C@@H](NS(=O)(=O)CF)C2(CC2)C1. The van der Waals surface area contributed by atoms with Crippen LogP contribution in [0.4, 0.5) is 13.6 Å². The fourth-order valence-corrected chi connectivity index (χ4v) is 3.68. The summed E-state index contributed by atoms with van der Waals surface area (Å²) in [5.74, 6) is 0. The molecule has 9 heteroatoms. The Morgan fingerprint density at radius 1 is 1.29 bits per heavy atom. The van der Waals surface area contributed by atoms with E-state index in [1.54, 1.807) is 0 Å². The van der Waals surface area contributed by atoms with Crippen molar-refractivity contribution in [2.75, 3.05) is 25.6 Å². The Hall–Kier alpha value is -0.960. The number of halogens is 2. The van der Waals surface area contributed by atoms with Crippen LogP contribution in [0.5, 0.6) is 0 Å². The lowest BCUT2D eigenvalue weighted by molar-refractivity contribution is 0.199. The Kier molecular flexibility index (Phi) is 3.40. The summed E-state index contributed by atoms with van der Waals surface area (Å²) >= 11 is 0. The summed E-state index contributed by atoms with van der Waals surface area (Å²) < 4.78 is 51.0. The number of nitrogens with zero attached hydrogens (tertiary/aromatic N) is 1. The average molecular weight is 323 g/mol. The van der Waals surface area contributed by atoms with Crippen LogP contribution in [0.1, 0.15) is 25.7 Å². The van der Waals surface area contributed by atoms with E-state index in [4.69, 9.17) is 0 Å². The van der Waals surface area contributed by atoms with Gasteiger partial charge in [0.25, 0.3) is 0 Å². The van der Waals surface area contributed by atoms with Crippen molar-refractivity contribution in [2.45, 2.75) is 37.4 Å². The van der Waals surface area contributed by atoms with Crippen molar-refractivity contribution >= 4 is 16.1 Å². The van der Waals surface area contributed by atoms with Crippen LogP contribution in [-0.2, 0) is 10.0 Å². The molecule has 0 bridgehead atoms. The van der Waals surface area contributed by atoms with Gasteiger partial charge in [-0.15, -0.1) is 0 Å². The number of amides is 2. The lowest BCUT2D eigenvalue weighted by Crippen LogP contribution is -2.44. The van der Waals surface area contributed by atoms with Crippen molar-refractivity contribution in [3.05, 3.63) is 0 Å². The van der Waals surface area contributed by atoms with E-state index >= 15 is 0 Å². The van der Waals surface area contributed by atoms with Crippen molar-refractivity contribution in [2.24, 2.45) is 5.41 Å². The van der Waals surface area contributed by atoms with Gasteiger partial charge in [-0.1, -0.05) is 0 Å². The van der Waals surface area contributed by atoms with Gasteiger partial charge in [0.1, 0.15) is 5.67 Å². The number of urea groups is 1. The Balaban J connectivity index is 1.58. The van der Waals surface area contributed by atoms with Gasteiger partial charge in [0.05, 0.1) is 6.54 Å². The van der Waals surface area contributed by atoms with Gasteiger partial charge in [-0.25, -0.2) is 26.7 Å². The molecule has 0 radical (unpaired) electrons. The van der Waals surface area contributed by atoms with Gasteiger partial charge < -0.3 is 10.2 Å². The highest BCUT2D eigenvalue weighted by molar-refractivity contribution is 7.89. The van der Waals surface area contributed by atoms with Gasteiger partial charge >= 0.3 is 6.03 Å². The summed E-state index contributed by atoms with van der Waals surface area (Å²) in [5.41, 5.74) is -1.53. The molecule has 2 N–H and O–H groups in total. The van der Waals surface area contributed by atoms with Crippen LogP contribution in [0.25, 0.3) is 0 Å². The Morgan fingerprint density at radius 3 is 2.48 bits per heavy atom.